The van der Waals surface area contributed by atoms with Gasteiger partial charge in [0.15, 0.2) is 0 Å². The topological polar surface area (TPSA) is 36.9 Å². The van der Waals surface area contributed by atoms with Crippen molar-refractivity contribution < 1.29 is 9.13 Å². The molecule has 0 radical (unpaired) electrons. The van der Waals surface area contributed by atoms with E-state index in [1.54, 1.807) is 6.07 Å². The Labute approximate surface area is 171 Å². The summed E-state index contributed by atoms with van der Waals surface area (Å²) in [6.45, 7) is 10.7. The summed E-state index contributed by atoms with van der Waals surface area (Å²) in [5, 5.41) is 5.59. The van der Waals surface area contributed by atoms with E-state index in [1.165, 1.54) is 12.1 Å². The fourth-order valence-electron chi connectivity index (χ4n) is 4.58. The van der Waals surface area contributed by atoms with Gasteiger partial charge in [0.1, 0.15) is 23.3 Å². The Morgan fingerprint density at radius 3 is 2.76 bits per heavy atom. The van der Waals surface area contributed by atoms with Crippen LogP contribution in [0.1, 0.15) is 32.8 Å². The molecule has 1 saturated carbocycles. The second-order valence-electron chi connectivity index (χ2n) is 9.31. The first-order valence-corrected chi connectivity index (χ1v) is 10.4. The van der Waals surface area contributed by atoms with Crippen molar-refractivity contribution in [1.82, 2.24) is 4.90 Å². The van der Waals surface area contributed by atoms with Crippen LogP contribution in [0.25, 0.3) is 6.08 Å². The van der Waals surface area contributed by atoms with Gasteiger partial charge in [-0.1, -0.05) is 19.1 Å². The fourth-order valence-corrected chi connectivity index (χ4v) is 4.58. The molecule has 0 bridgehead atoms. The average molecular weight is 394 g/mol. The SMILES string of the molecule is Cc1cc2c(cc1OC1CN(C(C)C)C1)=N[C@]1(Nc3cccc(F)c3)C[C@@]1(C)C=2. The lowest BCUT2D eigenvalue weighted by Crippen LogP contribution is -2.56. The molecular weight excluding hydrogens is 365 g/mol. The second kappa shape index (κ2) is 6.30. The van der Waals surface area contributed by atoms with Crippen molar-refractivity contribution in [3.05, 3.63) is 58.4 Å². The smallest absolute Gasteiger partial charge is 0.140 e. The van der Waals surface area contributed by atoms with E-state index in [0.717, 1.165) is 47.1 Å². The summed E-state index contributed by atoms with van der Waals surface area (Å²) in [4.78, 5) is 7.50. The molecule has 5 heteroatoms. The van der Waals surface area contributed by atoms with Gasteiger partial charge in [-0.15, -0.1) is 0 Å². The van der Waals surface area contributed by atoms with Crippen LogP contribution in [0.3, 0.4) is 0 Å². The molecule has 2 aromatic rings. The molecule has 152 valence electrons. The number of nitrogens with zero attached hydrogens (tertiary/aromatic N) is 2. The molecule has 4 nitrogen and oxygen atoms in total. The van der Waals surface area contributed by atoms with E-state index in [1.807, 2.05) is 6.07 Å². The molecule has 0 unspecified atom stereocenters. The van der Waals surface area contributed by atoms with Gasteiger partial charge < -0.3 is 10.1 Å². The monoisotopic (exact) mass is 393 g/mol. The van der Waals surface area contributed by atoms with Crippen LogP contribution >= 0.6 is 0 Å². The van der Waals surface area contributed by atoms with E-state index in [-0.39, 0.29) is 17.3 Å². The third-order valence-corrected chi connectivity index (χ3v) is 6.63. The second-order valence-corrected chi connectivity index (χ2v) is 9.31. The number of likely N-dealkylation sites (tertiary alicyclic amines) is 1. The van der Waals surface area contributed by atoms with Crippen molar-refractivity contribution in [2.75, 3.05) is 18.4 Å². The predicted molar refractivity (Wildman–Crippen MR) is 113 cm³/mol. The molecule has 2 aliphatic heterocycles. The molecular formula is C24H28FN3O. The van der Waals surface area contributed by atoms with Gasteiger partial charge in [0.25, 0.3) is 0 Å². The molecule has 0 spiro atoms. The van der Waals surface area contributed by atoms with Gasteiger partial charge in [0.05, 0.1) is 5.36 Å². The lowest BCUT2D eigenvalue weighted by Gasteiger charge is -2.41. The van der Waals surface area contributed by atoms with Crippen LogP contribution in [-0.4, -0.2) is 35.8 Å². The normalized spacial score (nSPS) is 27.9. The molecule has 1 aliphatic carbocycles. The standard InChI is InChI=1S/C24H28FN3O/c1-15(2)28-12-20(13-28)29-22-10-21-17(8-16(22)3)11-23(4)14-24(23,27-21)26-19-7-5-6-18(25)9-19/h5-11,15,20,26H,12-14H2,1-4H3/t23-,24-/m1/s1. The summed E-state index contributed by atoms with van der Waals surface area (Å²) in [5.41, 5.74) is 1.44. The van der Waals surface area contributed by atoms with E-state index in [9.17, 15) is 4.39 Å². The predicted octanol–water partition coefficient (Wildman–Crippen LogP) is 3.24. The summed E-state index contributed by atoms with van der Waals surface area (Å²) in [5.74, 6) is 0.677. The van der Waals surface area contributed by atoms with Crippen LogP contribution < -0.4 is 20.6 Å². The molecule has 1 saturated heterocycles. The molecule has 0 amide bonds. The number of aryl methyl sites for hydroxylation is 1. The minimum absolute atomic E-state index is 0.0626. The van der Waals surface area contributed by atoms with E-state index >= 15 is 0 Å². The van der Waals surface area contributed by atoms with Gasteiger partial charge in [0.2, 0.25) is 0 Å². The highest BCUT2D eigenvalue weighted by Crippen LogP contribution is 2.60. The average Bonchev–Trinajstić information content (AvgIpc) is 3.18. The lowest BCUT2D eigenvalue weighted by atomic mass is 10.0. The number of ether oxygens (including phenoxy) is 1. The number of hydrogen-bond donors (Lipinski definition) is 1. The Morgan fingerprint density at radius 2 is 2.03 bits per heavy atom. The number of rotatable bonds is 5. The van der Waals surface area contributed by atoms with Gasteiger partial charge in [0, 0.05) is 42.7 Å². The van der Waals surface area contributed by atoms with Crippen molar-refractivity contribution in [2.45, 2.75) is 51.9 Å². The number of fused-ring (bicyclic) bond motifs is 2. The lowest BCUT2D eigenvalue weighted by molar-refractivity contribution is -0.000269. The molecule has 1 N–H and O–H groups in total. The number of benzene rings is 2. The maximum Gasteiger partial charge on any atom is 0.140 e. The third kappa shape index (κ3) is 3.12. The van der Waals surface area contributed by atoms with Crippen molar-refractivity contribution in [1.29, 1.82) is 0 Å². The maximum atomic E-state index is 13.6. The number of hydrogen-bond acceptors (Lipinski definition) is 4. The van der Waals surface area contributed by atoms with E-state index in [4.69, 9.17) is 9.73 Å². The Kier molecular flexibility index (Phi) is 4.04. The first-order valence-electron chi connectivity index (χ1n) is 10.4. The highest BCUT2D eigenvalue weighted by Gasteiger charge is 2.64. The zero-order valence-electron chi connectivity index (χ0n) is 17.5. The van der Waals surface area contributed by atoms with Crippen molar-refractivity contribution in [3.63, 3.8) is 0 Å². The summed E-state index contributed by atoms with van der Waals surface area (Å²) in [7, 11) is 0. The van der Waals surface area contributed by atoms with Crippen LogP contribution in [0, 0.1) is 18.2 Å². The highest BCUT2D eigenvalue weighted by atomic mass is 19.1. The number of halogens is 1. The molecule has 0 aromatic heterocycles. The van der Waals surface area contributed by atoms with Crippen molar-refractivity contribution in [3.8, 4) is 5.75 Å². The molecule has 29 heavy (non-hydrogen) atoms. The Morgan fingerprint density at radius 1 is 1.24 bits per heavy atom. The number of nitrogens with one attached hydrogen (secondary N) is 1. The Bertz CT molecular complexity index is 1090. The molecule has 2 fully saturated rings. The van der Waals surface area contributed by atoms with Crippen LogP contribution in [0.15, 0.2) is 41.4 Å². The fraction of sp³-hybridized carbons (Fsp3) is 0.458. The molecule has 2 aromatic carbocycles. The van der Waals surface area contributed by atoms with Crippen molar-refractivity contribution >= 4 is 11.8 Å². The Balaban J connectivity index is 1.44. The van der Waals surface area contributed by atoms with E-state index in [0.29, 0.717) is 6.04 Å². The van der Waals surface area contributed by atoms with Gasteiger partial charge >= 0.3 is 0 Å². The van der Waals surface area contributed by atoms with E-state index in [2.05, 4.69) is 56.1 Å². The number of anilines is 1. The van der Waals surface area contributed by atoms with E-state index < -0.39 is 5.66 Å². The summed E-state index contributed by atoms with van der Waals surface area (Å²) >= 11 is 0. The molecule has 5 rings (SSSR count). The van der Waals surface area contributed by atoms with Gasteiger partial charge in [-0.2, -0.15) is 0 Å². The van der Waals surface area contributed by atoms with Gasteiger partial charge in [-0.05, 0) is 55.8 Å². The largest absolute Gasteiger partial charge is 0.487 e. The van der Waals surface area contributed by atoms with Crippen molar-refractivity contribution in [2.24, 2.45) is 10.4 Å². The van der Waals surface area contributed by atoms with Crippen LogP contribution in [0.5, 0.6) is 5.75 Å². The maximum absolute atomic E-state index is 13.6. The molecule has 2 heterocycles. The summed E-state index contributed by atoms with van der Waals surface area (Å²) < 4.78 is 19.9. The highest BCUT2D eigenvalue weighted by molar-refractivity contribution is 5.58. The molecule has 2 atom stereocenters. The first-order chi connectivity index (χ1) is 13.8. The summed E-state index contributed by atoms with van der Waals surface area (Å²) in [6, 6.07) is 11.4. The molecule has 3 aliphatic rings. The minimum atomic E-state index is -0.411. The van der Waals surface area contributed by atoms with Crippen LogP contribution in [0.2, 0.25) is 0 Å². The summed E-state index contributed by atoms with van der Waals surface area (Å²) in [6.07, 6.45) is 3.45. The third-order valence-electron chi connectivity index (χ3n) is 6.63. The zero-order valence-corrected chi connectivity index (χ0v) is 17.5. The Hall–Kier alpha value is -2.40. The quantitative estimate of drug-likeness (QED) is 0.847. The minimum Gasteiger partial charge on any atom is -0.487 e. The zero-order chi connectivity index (χ0) is 20.4. The van der Waals surface area contributed by atoms with Crippen LogP contribution in [-0.2, 0) is 0 Å². The van der Waals surface area contributed by atoms with Gasteiger partial charge in [-0.25, -0.2) is 4.39 Å². The van der Waals surface area contributed by atoms with Crippen LogP contribution in [0.4, 0.5) is 10.1 Å². The first kappa shape index (κ1) is 18.6. The van der Waals surface area contributed by atoms with Gasteiger partial charge in [-0.3, -0.25) is 9.89 Å².